The molecular weight excluding hydrogens is 344 g/mol. The monoisotopic (exact) mass is 368 g/mol. The van der Waals surface area contributed by atoms with E-state index in [1.54, 1.807) is 11.3 Å². The van der Waals surface area contributed by atoms with Crippen LogP contribution in [0.5, 0.6) is 0 Å². The number of rotatable bonds is 3. The molecule has 0 radical (unpaired) electrons. The van der Waals surface area contributed by atoms with E-state index < -0.39 is 0 Å². The Bertz CT molecular complexity index is 547. The summed E-state index contributed by atoms with van der Waals surface area (Å²) in [5, 5.41) is 13.2. The molecule has 0 aromatic carbocycles. The van der Waals surface area contributed by atoms with Gasteiger partial charge in [0.15, 0.2) is 0 Å². The first-order valence-corrected chi connectivity index (χ1v) is 9.88. The van der Waals surface area contributed by atoms with Crippen molar-refractivity contribution >= 4 is 27.3 Å². The second kappa shape index (κ2) is 4.58. The minimum atomic E-state index is -0.162. The average molecular weight is 369 g/mol. The Kier molecular flexibility index (Phi) is 3.21. The standard InChI is InChI=1S/C18H25BrOS/c1-16-5-12-6-17(2,9-16)11-18(7-12,10-16)15(20)4-14-3-13(19)8-21-14/h3,8,12,15,20H,4-7,9-11H2,1-2H3. The molecule has 4 bridgehead atoms. The molecule has 21 heavy (non-hydrogen) atoms. The Hall–Kier alpha value is 0.140. The van der Waals surface area contributed by atoms with E-state index >= 15 is 0 Å². The third kappa shape index (κ3) is 2.44. The molecule has 0 spiro atoms. The summed E-state index contributed by atoms with van der Waals surface area (Å²) < 4.78 is 1.15. The molecule has 4 aliphatic carbocycles. The molecule has 0 aliphatic heterocycles. The minimum Gasteiger partial charge on any atom is -0.392 e. The maximum Gasteiger partial charge on any atom is 0.0645 e. The van der Waals surface area contributed by atoms with Gasteiger partial charge in [-0.05, 0) is 82.7 Å². The van der Waals surface area contributed by atoms with E-state index in [2.05, 4.69) is 41.2 Å². The highest BCUT2D eigenvalue weighted by Crippen LogP contribution is 2.70. The average Bonchev–Trinajstić information content (AvgIpc) is 2.69. The van der Waals surface area contributed by atoms with Crippen molar-refractivity contribution in [1.82, 2.24) is 0 Å². The number of aliphatic hydroxyl groups is 1. The van der Waals surface area contributed by atoms with Crippen LogP contribution in [0.15, 0.2) is 15.9 Å². The van der Waals surface area contributed by atoms with E-state index in [0.717, 1.165) is 16.8 Å². The molecule has 0 saturated heterocycles. The smallest absolute Gasteiger partial charge is 0.0645 e. The summed E-state index contributed by atoms with van der Waals surface area (Å²) in [5.74, 6) is 0.862. The van der Waals surface area contributed by atoms with Crippen molar-refractivity contribution in [2.45, 2.75) is 64.9 Å². The van der Waals surface area contributed by atoms with Gasteiger partial charge >= 0.3 is 0 Å². The van der Waals surface area contributed by atoms with Gasteiger partial charge in [-0.1, -0.05) is 13.8 Å². The van der Waals surface area contributed by atoms with Crippen molar-refractivity contribution in [3.05, 3.63) is 20.8 Å². The fourth-order valence-corrected chi connectivity index (χ4v) is 8.26. The summed E-state index contributed by atoms with van der Waals surface area (Å²) in [5.41, 5.74) is 1.18. The molecule has 3 unspecified atom stereocenters. The molecular formula is C18H25BrOS. The van der Waals surface area contributed by atoms with Crippen LogP contribution in [0, 0.1) is 22.2 Å². The van der Waals surface area contributed by atoms with E-state index in [9.17, 15) is 5.11 Å². The van der Waals surface area contributed by atoms with Gasteiger partial charge in [0.2, 0.25) is 0 Å². The Morgan fingerprint density at radius 3 is 2.43 bits per heavy atom. The molecule has 4 aliphatic rings. The molecule has 0 amide bonds. The lowest BCUT2D eigenvalue weighted by atomic mass is 9.39. The van der Waals surface area contributed by atoms with Gasteiger partial charge in [0.1, 0.15) is 0 Å². The van der Waals surface area contributed by atoms with Gasteiger partial charge in [0, 0.05) is 21.2 Å². The zero-order chi connectivity index (χ0) is 14.9. The lowest BCUT2D eigenvalue weighted by Gasteiger charge is -2.66. The van der Waals surface area contributed by atoms with Crippen molar-refractivity contribution in [2.75, 3.05) is 0 Å². The van der Waals surface area contributed by atoms with Crippen LogP contribution in [0.1, 0.15) is 57.2 Å². The summed E-state index contributed by atoms with van der Waals surface area (Å²) >= 11 is 5.30. The molecule has 1 nitrogen and oxygen atoms in total. The first-order valence-electron chi connectivity index (χ1n) is 8.21. The van der Waals surface area contributed by atoms with Crippen LogP contribution in [0.25, 0.3) is 0 Å². The maximum absolute atomic E-state index is 11.1. The third-order valence-corrected chi connectivity index (χ3v) is 8.11. The fourth-order valence-electron chi connectivity index (χ4n) is 6.78. The van der Waals surface area contributed by atoms with Crippen LogP contribution >= 0.6 is 27.3 Å². The summed E-state index contributed by atoms with van der Waals surface area (Å²) in [7, 11) is 0. The zero-order valence-corrected chi connectivity index (χ0v) is 15.4. The quantitative estimate of drug-likeness (QED) is 0.755. The molecule has 3 heteroatoms. The molecule has 1 aromatic heterocycles. The van der Waals surface area contributed by atoms with E-state index in [0.29, 0.717) is 10.8 Å². The fraction of sp³-hybridized carbons (Fsp3) is 0.778. The van der Waals surface area contributed by atoms with Gasteiger partial charge in [-0.3, -0.25) is 0 Å². The lowest BCUT2D eigenvalue weighted by Crippen LogP contribution is -2.59. The van der Waals surface area contributed by atoms with E-state index in [1.807, 2.05) is 0 Å². The van der Waals surface area contributed by atoms with Crippen molar-refractivity contribution in [3.8, 4) is 0 Å². The van der Waals surface area contributed by atoms with E-state index in [-0.39, 0.29) is 11.5 Å². The van der Waals surface area contributed by atoms with Gasteiger partial charge in [0.25, 0.3) is 0 Å². The van der Waals surface area contributed by atoms with Crippen molar-refractivity contribution in [2.24, 2.45) is 22.2 Å². The van der Waals surface area contributed by atoms with Crippen LogP contribution in [0.4, 0.5) is 0 Å². The van der Waals surface area contributed by atoms with Gasteiger partial charge < -0.3 is 5.11 Å². The van der Waals surface area contributed by atoms with E-state index in [4.69, 9.17) is 0 Å². The SMILES string of the molecule is CC12CC3CC(C)(C1)CC(C(O)Cc1cc(Br)cs1)(C3)C2. The molecule has 5 rings (SSSR count). The largest absolute Gasteiger partial charge is 0.392 e. The van der Waals surface area contributed by atoms with Crippen LogP contribution < -0.4 is 0 Å². The third-order valence-electron chi connectivity index (χ3n) is 6.39. The second-order valence-electron chi connectivity index (χ2n) is 8.94. The Morgan fingerprint density at radius 2 is 1.90 bits per heavy atom. The molecule has 1 aromatic rings. The molecule has 3 atom stereocenters. The number of aliphatic hydroxyl groups excluding tert-OH is 1. The zero-order valence-electron chi connectivity index (χ0n) is 13.0. The summed E-state index contributed by atoms with van der Waals surface area (Å²) in [4.78, 5) is 1.32. The van der Waals surface area contributed by atoms with Gasteiger partial charge in [0.05, 0.1) is 6.10 Å². The highest BCUT2D eigenvalue weighted by Gasteiger charge is 2.61. The molecule has 116 valence electrons. The predicted octanol–water partition coefficient (Wildman–Crippen LogP) is 5.41. The van der Waals surface area contributed by atoms with Gasteiger partial charge in [-0.25, -0.2) is 0 Å². The lowest BCUT2D eigenvalue weighted by molar-refractivity contribution is -0.184. The Morgan fingerprint density at radius 1 is 1.24 bits per heavy atom. The van der Waals surface area contributed by atoms with Gasteiger partial charge in [-0.2, -0.15) is 0 Å². The molecule has 4 fully saturated rings. The van der Waals surface area contributed by atoms with Crippen molar-refractivity contribution in [1.29, 1.82) is 0 Å². The van der Waals surface area contributed by atoms with Crippen LogP contribution in [0.2, 0.25) is 0 Å². The Labute approximate surface area is 140 Å². The first-order chi connectivity index (χ1) is 9.80. The highest BCUT2D eigenvalue weighted by molar-refractivity contribution is 9.10. The normalized spacial score (nSPS) is 46.0. The van der Waals surface area contributed by atoms with Crippen LogP contribution in [-0.2, 0) is 6.42 Å². The summed E-state index contributed by atoms with van der Waals surface area (Å²) in [6.07, 6.45) is 8.64. The topological polar surface area (TPSA) is 20.2 Å². The maximum atomic E-state index is 11.1. The highest BCUT2D eigenvalue weighted by atomic mass is 79.9. The predicted molar refractivity (Wildman–Crippen MR) is 91.6 cm³/mol. The number of hydrogen-bond donors (Lipinski definition) is 1. The summed E-state index contributed by atoms with van der Waals surface area (Å²) in [6, 6.07) is 2.18. The van der Waals surface area contributed by atoms with Crippen LogP contribution in [0.3, 0.4) is 0 Å². The van der Waals surface area contributed by atoms with Crippen molar-refractivity contribution < 1.29 is 5.11 Å². The van der Waals surface area contributed by atoms with E-state index in [1.165, 1.54) is 43.4 Å². The second-order valence-corrected chi connectivity index (χ2v) is 10.9. The number of hydrogen-bond acceptors (Lipinski definition) is 2. The minimum absolute atomic E-state index is 0.162. The van der Waals surface area contributed by atoms with Crippen LogP contribution in [-0.4, -0.2) is 11.2 Å². The molecule has 1 N–H and O–H groups in total. The summed E-state index contributed by atoms with van der Waals surface area (Å²) in [6.45, 7) is 4.97. The number of halogens is 1. The molecule has 4 saturated carbocycles. The Balaban J connectivity index is 1.61. The van der Waals surface area contributed by atoms with Gasteiger partial charge in [-0.15, -0.1) is 11.3 Å². The van der Waals surface area contributed by atoms with Crippen molar-refractivity contribution in [3.63, 3.8) is 0 Å². The number of thiophene rings is 1. The first kappa shape index (κ1) is 14.7. The molecule has 1 heterocycles.